The van der Waals surface area contributed by atoms with Crippen molar-refractivity contribution in [3.8, 4) is 5.69 Å². The summed E-state index contributed by atoms with van der Waals surface area (Å²) >= 11 is 2.27. The molecular formula is C16H12INO. The van der Waals surface area contributed by atoms with Crippen molar-refractivity contribution in [2.45, 2.75) is 6.92 Å². The fourth-order valence-electron chi connectivity index (χ4n) is 2.15. The van der Waals surface area contributed by atoms with Crippen LogP contribution in [0.25, 0.3) is 16.5 Å². The standard InChI is InChI=1S/C16H12INO/c1-11-6-8-12(9-7-11)18-10-15(17)13-4-2-3-5-14(13)16(18)19/h2-10H,1H3. The molecule has 0 amide bonds. The number of fused-ring (bicyclic) bond motifs is 1. The van der Waals surface area contributed by atoms with Crippen molar-refractivity contribution in [3.05, 3.63) is 74.2 Å². The molecule has 0 bridgehead atoms. The van der Waals surface area contributed by atoms with Gasteiger partial charge in [0.1, 0.15) is 0 Å². The second-order valence-electron chi connectivity index (χ2n) is 4.53. The van der Waals surface area contributed by atoms with Gasteiger partial charge in [-0.3, -0.25) is 9.36 Å². The topological polar surface area (TPSA) is 22.0 Å². The van der Waals surface area contributed by atoms with Gasteiger partial charge in [-0.25, -0.2) is 0 Å². The minimum atomic E-state index is 0.0277. The van der Waals surface area contributed by atoms with E-state index in [2.05, 4.69) is 22.6 Å². The molecule has 94 valence electrons. The fraction of sp³-hybridized carbons (Fsp3) is 0.0625. The smallest absolute Gasteiger partial charge is 0.263 e. The first kappa shape index (κ1) is 12.4. The molecule has 0 aliphatic rings. The third kappa shape index (κ3) is 2.18. The van der Waals surface area contributed by atoms with E-state index in [0.29, 0.717) is 0 Å². The molecule has 19 heavy (non-hydrogen) atoms. The van der Waals surface area contributed by atoms with Gasteiger partial charge >= 0.3 is 0 Å². The highest BCUT2D eigenvalue weighted by Crippen LogP contribution is 2.19. The molecule has 0 spiro atoms. The summed E-state index contributed by atoms with van der Waals surface area (Å²) in [5.74, 6) is 0. The van der Waals surface area contributed by atoms with Crippen LogP contribution in [0.1, 0.15) is 5.56 Å². The molecule has 0 N–H and O–H groups in total. The van der Waals surface area contributed by atoms with Crippen molar-refractivity contribution in [2.24, 2.45) is 0 Å². The van der Waals surface area contributed by atoms with E-state index in [1.807, 2.05) is 61.7 Å². The normalized spacial score (nSPS) is 10.8. The Morgan fingerprint density at radius 1 is 0.947 bits per heavy atom. The predicted octanol–water partition coefficient (Wildman–Crippen LogP) is 3.90. The third-order valence-electron chi connectivity index (χ3n) is 3.19. The van der Waals surface area contributed by atoms with Gasteiger partial charge in [0.2, 0.25) is 0 Å². The van der Waals surface area contributed by atoms with E-state index in [-0.39, 0.29) is 5.56 Å². The van der Waals surface area contributed by atoms with E-state index in [1.54, 1.807) is 4.57 Å². The van der Waals surface area contributed by atoms with Crippen LogP contribution in [0.5, 0.6) is 0 Å². The molecule has 0 atom stereocenters. The van der Waals surface area contributed by atoms with E-state index in [1.165, 1.54) is 5.56 Å². The summed E-state index contributed by atoms with van der Waals surface area (Å²) in [6, 6.07) is 15.7. The maximum Gasteiger partial charge on any atom is 0.263 e. The maximum atomic E-state index is 12.5. The minimum absolute atomic E-state index is 0.0277. The molecule has 1 aromatic heterocycles. The van der Waals surface area contributed by atoms with E-state index in [9.17, 15) is 4.79 Å². The second-order valence-corrected chi connectivity index (χ2v) is 5.70. The van der Waals surface area contributed by atoms with Crippen molar-refractivity contribution < 1.29 is 0 Å². The van der Waals surface area contributed by atoms with Crippen LogP contribution in [0.3, 0.4) is 0 Å². The zero-order valence-corrected chi connectivity index (χ0v) is 12.6. The summed E-state index contributed by atoms with van der Waals surface area (Å²) in [5.41, 5.74) is 2.12. The van der Waals surface area contributed by atoms with Crippen LogP contribution in [-0.4, -0.2) is 4.57 Å². The van der Waals surface area contributed by atoms with Gasteiger partial charge in [0, 0.05) is 26.2 Å². The van der Waals surface area contributed by atoms with Crippen LogP contribution >= 0.6 is 22.6 Å². The van der Waals surface area contributed by atoms with Gasteiger partial charge in [-0.2, -0.15) is 0 Å². The summed E-state index contributed by atoms with van der Waals surface area (Å²) in [7, 11) is 0. The first-order chi connectivity index (χ1) is 9.16. The Morgan fingerprint density at radius 3 is 2.26 bits per heavy atom. The van der Waals surface area contributed by atoms with Gasteiger partial charge in [0.05, 0.1) is 0 Å². The highest BCUT2D eigenvalue weighted by atomic mass is 127. The zero-order chi connectivity index (χ0) is 13.4. The van der Waals surface area contributed by atoms with Crippen LogP contribution < -0.4 is 5.56 Å². The number of halogens is 1. The lowest BCUT2D eigenvalue weighted by molar-refractivity contribution is 1.00. The molecule has 0 saturated carbocycles. The maximum absolute atomic E-state index is 12.5. The van der Waals surface area contributed by atoms with Gasteiger partial charge in [0.15, 0.2) is 0 Å². The minimum Gasteiger partial charge on any atom is -0.283 e. The van der Waals surface area contributed by atoms with Crippen LogP contribution in [0, 0.1) is 10.5 Å². The number of benzene rings is 2. The van der Waals surface area contributed by atoms with E-state index >= 15 is 0 Å². The average Bonchev–Trinajstić information content (AvgIpc) is 2.44. The lowest BCUT2D eigenvalue weighted by Crippen LogP contribution is -2.18. The molecule has 0 saturated heterocycles. The molecule has 1 heterocycles. The molecule has 2 nitrogen and oxygen atoms in total. The molecule has 0 radical (unpaired) electrons. The van der Waals surface area contributed by atoms with E-state index < -0.39 is 0 Å². The van der Waals surface area contributed by atoms with Crippen molar-refractivity contribution in [1.29, 1.82) is 0 Å². The first-order valence-corrected chi connectivity index (χ1v) is 7.11. The van der Waals surface area contributed by atoms with Crippen molar-refractivity contribution >= 4 is 33.4 Å². The van der Waals surface area contributed by atoms with Crippen LogP contribution in [0.4, 0.5) is 0 Å². The molecule has 3 aromatic rings. The number of rotatable bonds is 1. The van der Waals surface area contributed by atoms with Gasteiger partial charge in [-0.1, -0.05) is 35.9 Å². The van der Waals surface area contributed by atoms with Crippen molar-refractivity contribution in [2.75, 3.05) is 0 Å². The van der Waals surface area contributed by atoms with Gasteiger partial charge in [-0.15, -0.1) is 0 Å². The van der Waals surface area contributed by atoms with Crippen LogP contribution in [-0.2, 0) is 0 Å². The molecule has 0 aliphatic heterocycles. The Kier molecular flexibility index (Phi) is 3.14. The lowest BCUT2D eigenvalue weighted by atomic mass is 10.1. The number of pyridine rings is 1. The number of hydrogen-bond donors (Lipinski definition) is 0. The van der Waals surface area contributed by atoms with Crippen LogP contribution in [0.2, 0.25) is 0 Å². The molecule has 3 heteroatoms. The zero-order valence-electron chi connectivity index (χ0n) is 10.4. The predicted molar refractivity (Wildman–Crippen MR) is 87.0 cm³/mol. The highest BCUT2D eigenvalue weighted by Gasteiger charge is 2.07. The summed E-state index contributed by atoms with van der Waals surface area (Å²) in [6.07, 6.45) is 1.90. The summed E-state index contributed by atoms with van der Waals surface area (Å²) in [4.78, 5) is 12.5. The average molecular weight is 361 g/mol. The molecular weight excluding hydrogens is 349 g/mol. The Morgan fingerprint density at radius 2 is 1.58 bits per heavy atom. The van der Waals surface area contributed by atoms with Crippen molar-refractivity contribution in [3.63, 3.8) is 0 Å². The Balaban J connectivity index is 2.34. The second kappa shape index (κ2) is 4.81. The molecule has 0 aliphatic carbocycles. The molecule has 0 fully saturated rings. The van der Waals surface area contributed by atoms with E-state index in [0.717, 1.165) is 20.0 Å². The van der Waals surface area contributed by atoms with Gasteiger partial charge in [-0.05, 0) is 47.7 Å². The summed E-state index contributed by atoms with van der Waals surface area (Å²) < 4.78 is 2.79. The number of aromatic nitrogens is 1. The SMILES string of the molecule is Cc1ccc(-n2cc(I)c3ccccc3c2=O)cc1. The largest absolute Gasteiger partial charge is 0.283 e. The molecule has 0 unspecified atom stereocenters. The van der Waals surface area contributed by atoms with Crippen molar-refractivity contribution in [1.82, 2.24) is 4.57 Å². The Hall–Kier alpha value is -1.62. The highest BCUT2D eigenvalue weighted by molar-refractivity contribution is 14.1. The first-order valence-electron chi connectivity index (χ1n) is 6.04. The van der Waals surface area contributed by atoms with Gasteiger partial charge < -0.3 is 0 Å². The Labute approximate surface area is 124 Å². The molecule has 2 aromatic carbocycles. The summed E-state index contributed by atoms with van der Waals surface area (Å²) in [5, 5.41) is 1.77. The Bertz CT molecular complexity index is 803. The number of nitrogens with zero attached hydrogens (tertiary/aromatic N) is 1. The van der Waals surface area contributed by atoms with Gasteiger partial charge in [0.25, 0.3) is 5.56 Å². The number of aryl methyl sites for hydroxylation is 1. The lowest BCUT2D eigenvalue weighted by Gasteiger charge is -2.09. The molecule has 3 rings (SSSR count). The number of hydrogen-bond acceptors (Lipinski definition) is 1. The van der Waals surface area contributed by atoms with E-state index in [4.69, 9.17) is 0 Å². The quantitative estimate of drug-likeness (QED) is 0.603. The third-order valence-corrected chi connectivity index (χ3v) is 4.05. The van der Waals surface area contributed by atoms with Crippen LogP contribution in [0.15, 0.2) is 59.5 Å². The summed E-state index contributed by atoms with van der Waals surface area (Å²) in [6.45, 7) is 2.04. The monoisotopic (exact) mass is 361 g/mol. The fourth-order valence-corrected chi connectivity index (χ4v) is 2.90.